The average Bonchev–Trinajstić information content (AvgIpc) is 2.52. The van der Waals surface area contributed by atoms with Crippen molar-refractivity contribution < 1.29 is 9.53 Å². The van der Waals surface area contributed by atoms with Gasteiger partial charge in [-0.2, -0.15) is 0 Å². The second-order valence-corrected chi connectivity index (χ2v) is 6.83. The minimum atomic E-state index is -0.379. The molecule has 2 rings (SSSR count). The lowest BCUT2D eigenvalue weighted by molar-refractivity contribution is 0.0356. The standard InChI is InChI=1S/C18H29N3O2/c1-18(2)14-10-13(17(19)22)7-6-12(14)11-15(23-4)16(18)21-9-5-8-20-3/h6-7,10,15-16,20-21H,5,8-9,11H2,1-4H3,(H2,19,22)/t15-,16+/m1/s1. The van der Waals surface area contributed by atoms with Crippen molar-refractivity contribution in [1.82, 2.24) is 10.6 Å². The molecule has 0 saturated carbocycles. The van der Waals surface area contributed by atoms with Crippen LogP contribution in [0.25, 0.3) is 0 Å². The molecule has 0 heterocycles. The van der Waals surface area contributed by atoms with Crippen LogP contribution in [0.4, 0.5) is 0 Å². The van der Waals surface area contributed by atoms with E-state index in [2.05, 4.69) is 24.5 Å². The highest BCUT2D eigenvalue weighted by Gasteiger charge is 2.42. The zero-order valence-electron chi connectivity index (χ0n) is 14.6. The highest BCUT2D eigenvalue weighted by atomic mass is 16.5. The summed E-state index contributed by atoms with van der Waals surface area (Å²) < 4.78 is 5.76. The number of ether oxygens (including phenoxy) is 1. The fraction of sp³-hybridized carbons (Fsp3) is 0.611. The molecule has 5 nitrogen and oxygen atoms in total. The van der Waals surface area contributed by atoms with Gasteiger partial charge in [0.25, 0.3) is 0 Å². The van der Waals surface area contributed by atoms with Crippen LogP contribution >= 0.6 is 0 Å². The van der Waals surface area contributed by atoms with Gasteiger partial charge in [0.1, 0.15) is 0 Å². The Morgan fingerprint density at radius 2 is 2.13 bits per heavy atom. The number of nitrogens with two attached hydrogens (primary N) is 1. The highest BCUT2D eigenvalue weighted by Crippen LogP contribution is 2.38. The predicted molar refractivity (Wildman–Crippen MR) is 92.8 cm³/mol. The lowest BCUT2D eigenvalue weighted by Crippen LogP contribution is -2.57. The Balaban J connectivity index is 2.29. The Hall–Kier alpha value is -1.43. The predicted octanol–water partition coefficient (Wildman–Crippen LogP) is 1.20. The number of benzene rings is 1. The van der Waals surface area contributed by atoms with E-state index in [-0.39, 0.29) is 23.5 Å². The SMILES string of the molecule is CNCCCN[C@H]1[C@H](OC)Cc2ccc(C(N)=O)cc2C1(C)C. The third-order valence-corrected chi connectivity index (χ3v) is 4.93. The third-order valence-electron chi connectivity index (χ3n) is 4.93. The molecule has 1 aromatic rings. The number of hydrogen-bond donors (Lipinski definition) is 3. The third kappa shape index (κ3) is 3.74. The van der Waals surface area contributed by atoms with Crippen LogP contribution in [-0.2, 0) is 16.6 Å². The lowest BCUT2D eigenvalue weighted by atomic mass is 9.67. The molecule has 0 spiro atoms. The summed E-state index contributed by atoms with van der Waals surface area (Å²) in [5.41, 5.74) is 8.31. The maximum Gasteiger partial charge on any atom is 0.248 e. The largest absolute Gasteiger partial charge is 0.379 e. The summed E-state index contributed by atoms with van der Waals surface area (Å²) in [5.74, 6) is -0.379. The van der Waals surface area contributed by atoms with E-state index in [9.17, 15) is 4.79 Å². The first-order valence-corrected chi connectivity index (χ1v) is 8.25. The van der Waals surface area contributed by atoms with E-state index in [0.29, 0.717) is 5.56 Å². The zero-order valence-corrected chi connectivity index (χ0v) is 14.6. The van der Waals surface area contributed by atoms with Gasteiger partial charge in [-0.05, 0) is 49.8 Å². The number of hydrogen-bond acceptors (Lipinski definition) is 4. The molecule has 1 aliphatic carbocycles. The molecule has 23 heavy (non-hydrogen) atoms. The zero-order chi connectivity index (χ0) is 17.0. The number of methoxy groups -OCH3 is 1. The molecule has 2 atom stereocenters. The maximum atomic E-state index is 11.5. The molecular formula is C18H29N3O2. The van der Waals surface area contributed by atoms with Crippen molar-refractivity contribution >= 4 is 5.91 Å². The van der Waals surface area contributed by atoms with Crippen LogP contribution in [0.5, 0.6) is 0 Å². The Bertz CT molecular complexity index is 557. The summed E-state index contributed by atoms with van der Waals surface area (Å²) in [6, 6.07) is 5.97. The van der Waals surface area contributed by atoms with Gasteiger partial charge in [-0.25, -0.2) is 0 Å². The number of primary amides is 1. The van der Waals surface area contributed by atoms with Gasteiger partial charge in [0.15, 0.2) is 0 Å². The monoisotopic (exact) mass is 319 g/mol. The average molecular weight is 319 g/mol. The van der Waals surface area contributed by atoms with Crippen LogP contribution < -0.4 is 16.4 Å². The van der Waals surface area contributed by atoms with E-state index in [4.69, 9.17) is 10.5 Å². The molecule has 0 aromatic heterocycles. The number of carbonyl (C=O) groups is 1. The van der Waals surface area contributed by atoms with Crippen molar-refractivity contribution in [2.45, 2.75) is 44.2 Å². The van der Waals surface area contributed by atoms with Crippen molar-refractivity contribution in [3.63, 3.8) is 0 Å². The molecule has 4 N–H and O–H groups in total. The Morgan fingerprint density at radius 3 is 2.74 bits per heavy atom. The van der Waals surface area contributed by atoms with E-state index in [1.54, 1.807) is 7.11 Å². The van der Waals surface area contributed by atoms with E-state index in [0.717, 1.165) is 25.9 Å². The van der Waals surface area contributed by atoms with Gasteiger partial charge >= 0.3 is 0 Å². The smallest absolute Gasteiger partial charge is 0.248 e. The number of carbonyl (C=O) groups excluding carboxylic acids is 1. The van der Waals surface area contributed by atoms with E-state index < -0.39 is 0 Å². The van der Waals surface area contributed by atoms with Gasteiger partial charge in [-0.3, -0.25) is 4.79 Å². The summed E-state index contributed by atoms with van der Waals surface area (Å²) in [6.45, 7) is 6.33. The number of rotatable bonds is 7. The van der Waals surface area contributed by atoms with Crippen LogP contribution in [0.1, 0.15) is 41.8 Å². The van der Waals surface area contributed by atoms with Crippen molar-refractivity contribution in [1.29, 1.82) is 0 Å². The van der Waals surface area contributed by atoms with Crippen molar-refractivity contribution in [3.05, 3.63) is 34.9 Å². The van der Waals surface area contributed by atoms with Crippen molar-refractivity contribution in [2.24, 2.45) is 5.73 Å². The van der Waals surface area contributed by atoms with Crippen molar-refractivity contribution in [2.75, 3.05) is 27.2 Å². The van der Waals surface area contributed by atoms with Gasteiger partial charge < -0.3 is 21.1 Å². The second kappa shape index (κ2) is 7.43. The first kappa shape index (κ1) is 17.9. The Morgan fingerprint density at radius 1 is 1.39 bits per heavy atom. The number of fused-ring (bicyclic) bond motifs is 1. The second-order valence-electron chi connectivity index (χ2n) is 6.83. The van der Waals surface area contributed by atoms with Crippen LogP contribution in [-0.4, -0.2) is 45.3 Å². The summed E-state index contributed by atoms with van der Waals surface area (Å²) in [4.78, 5) is 11.5. The number of amides is 1. The molecular weight excluding hydrogens is 290 g/mol. The Labute approximate surface area is 139 Å². The normalized spacial score (nSPS) is 22.6. The minimum absolute atomic E-state index is 0.117. The molecule has 0 bridgehead atoms. The molecule has 1 aromatic carbocycles. The summed E-state index contributed by atoms with van der Waals surface area (Å²) in [7, 11) is 3.73. The van der Waals surface area contributed by atoms with Gasteiger partial charge in [-0.15, -0.1) is 0 Å². The molecule has 128 valence electrons. The minimum Gasteiger partial charge on any atom is -0.379 e. The highest BCUT2D eigenvalue weighted by molar-refractivity contribution is 5.93. The fourth-order valence-corrected chi connectivity index (χ4v) is 3.60. The lowest BCUT2D eigenvalue weighted by Gasteiger charge is -2.45. The topological polar surface area (TPSA) is 76.4 Å². The molecule has 0 unspecified atom stereocenters. The molecule has 0 aliphatic heterocycles. The Kier molecular flexibility index (Phi) is 5.79. The summed E-state index contributed by atoms with van der Waals surface area (Å²) in [6.07, 6.45) is 2.03. The van der Waals surface area contributed by atoms with E-state index >= 15 is 0 Å². The van der Waals surface area contributed by atoms with Crippen LogP contribution in [0.3, 0.4) is 0 Å². The molecule has 1 aliphatic rings. The van der Waals surface area contributed by atoms with Gasteiger partial charge in [0.2, 0.25) is 5.91 Å². The van der Waals surface area contributed by atoms with Crippen LogP contribution in [0.2, 0.25) is 0 Å². The first-order chi connectivity index (χ1) is 10.9. The number of nitrogens with one attached hydrogen (secondary N) is 2. The molecule has 0 saturated heterocycles. The summed E-state index contributed by atoms with van der Waals surface area (Å²) >= 11 is 0. The molecule has 1 amide bonds. The van der Waals surface area contributed by atoms with Crippen molar-refractivity contribution in [3.8, 4) is 0 Å². The molecule has 0 radical (unpaired) electrons. The van der Waals surface area contributed by atoms with Gasteiger partial charge in [-0.1, -0.05) is 19.9 Å². The van der Waals surface area contributed by atoms with Crippen LogP contribution in [0, 0.1) is 0 Å². The van der Waals surface area contributed by atoms with Crippen LogP contribution in [0.15, 0.2) is 18.2 Å². The van der Waals surface area contributed by atoms with E-state index in [1.165, 1.54) is 11.1 Å². The van der Waals surface area contributed by atoms with Gasteiger partial charge in [0.05, 0.1) is 6.10 Å². The summed E-state index contributed by atoms with van der Waals surface area (Å²) in [5, 5.41) is 6.82. The van der Waals surface area contributed by atoms with Gasteiger partial charge in [0, 0.05) is 30.6 Å². The first-order valence-electron chi connectivity index (χ1n) is 8.25. The maximum absolute atomic E-state index is 11.5. The molecule has 0 fully saturated rings. The fourth-order valence-electron chi connectivity index (χ4n) is 3.60. The quantitative estimate of drug-likeness (QED) is 0.660. The van der Waals surface area contributed by atoms with E-state index in [1.807, 2.05) is 25.2 Å². The molecule has 5 heteroatoms.